The summed E-state index contributed by atoms with van der Waals surface area (Å²) in [5, 5.41) is 5.76. The van der Waals surface area contributed by atoms with E-state index in [9.17, 15) is 18.8 Å². The zero-order valence-electron chi connectivity index (χ0n) is 21.1. The zero-order chi connectivity index (χ0) is 27.3. The summed E-state index contributed by atoms with van der Waals surface area (Å²) in [6, 6.07) is 10.3. The van der Waals surface area contributed by atoms with Gasteiger partial charge in [-0.2, -0.15) is 0 Å². The summed E-state index contributed by atoms with van der Waals surface area (Å²) >= 11 is 5.98. The summed E-state index contributed by atoms with van der Waals surface area (Å²) in [7, 11) is 0. The minimum atomic E-state index is -0.552. The molecule has 1 aromatic heterocycles. The molecule has 1 fully saturated rings. The van der Waals surface area contributed by atoms with Crippen LogP contribution in [0.3, 0.4) is 0 Å². The molecule has 11 heteroatoms. The van der Waals surface area contributed by atoms with E-state index in [2.05, 4.69) is 25.5 Å². The summed E-state index contributed by atoms with van der Waals surface area (Å²) in [4.78, 5) is 47.4. The maximum absolute atomic E-state index is 13.3. The Morgan fingerprint density at radius 3 is 2.50 bits per heavy atom. The number of rotatable bonds is 9. The average molecular weight is 542 g/mol. The number of benzene rings is 2. The van der Waals surface area contributed by atoms with Crippen LogP contribution in [0.15, 0.2) is 48.8 Å². The number of carbonyl (C=O) groups excluding carboxylic acids is 3. The topological polar surface area (TPSA) is 116 Å². The zero-order valence-corrected chi connectivity index (χ0v) is 21.9. The Morgan fingerprint density at radius 2 is 1.82 bits per heavy atom. The molecule has 2 aromatic carbocycles. The van der Waals surface area contributed by atoms with Gasteiger partial charge in [0.1, 0.15) is 11.5 Å². The van der Waals surface area contributed by atoms with Gasteiger partial charge >= 0.3 is 0 Å². The molecule has 0 unspecified atom stereocenters. The molecule has 1 aliphatic heterocycles. The number of ether oxygens (including phenoxy) is 1. The summed E-state index contributed by atoms with van der Waals surface area (Å²) in [6.07, 6.45) is 1.36. The van der Waals surface area contributed by atoms with Crippen molar-refractivity contribution in [1.29, 1.82) is 0 Å². The van der Waals surface area contributed by atoms with Gasteiger partial charge in [0, 0.05) is 42.8 Å². The monoisotopic (exact) mass is 541 g/mol. The highest BCUT2D eigenvalue weighted by atomic mass is 35.5. The van der Waals surface area contributed by atoms with Crippen LogP contribution in [-0.2, 0) is 11.2 Å². The van der Waals surface area contributed by atoms with E-state index in [1.54, 1.807) is 24.3 Å². The molecule has 0 aliphatic carbocycles. The number of imidazole rings is 1. The maximum Gasteiger partial charge on any atom is 0.276 e. The molecule has 0 atom stereocenters. The number of ketones is 1. The van der Waals surface area contributed by atoms with Crippen LogP contribution in [0.25, 0.3) is 0 Å². The number of H-pyrrole nitrogens is 1. The van der Waals surface area contributed by atoms with Gasteiger partial charge in [-0.05, 0) is 49.7 Å². The highest BCUT2D eigenvalue weighted by molar-refractivity contribution is 6.34. The van der Waals surface area contributed by atoms with Crippen LogP contribution in [0.1, 0.15) is 50.7 Å². The first-order valence-corrected chi connectivity index (χ1v) is 12.5. The first-order valence-electron chi connectivity index (χ1n) is 12.2. The number of nitrogens with one attached hydrogen (secondary N) is 3. The van der Waals surface area contributed by atoms with Crippen molar-refractivity contribution < 1.29 is 23.5 Å². The Morgan fingerprint density at radius 1 is 1.11 bits per heavy atom. The smallest absolute Gasteiger partial charge is 0.276 e. The summed E-state index contributed by atoms with van der Waals surface area (Å²) in [6.45, 7) is 7.40. The molecule has 0 radical (unpaired) electrons. The third-order valence-electron chi connectivity index (χ3n) is 6.06. The highest BCUT2D eigenvalue weighted by Gasteiger charge is 2.28. The summed E-state index contributed by atoms with van der Waals surface area (Å²) in [5.41, 5.74) is 0.885. The van der Waals surface area contributed by atoms with Crippen molar-refractivity contribution in [2.75, 3.05) is 38.2 Å². The van der Waals surface area contributed by atoms with Crippen LogP contribution < -0.4 is 10.6 Å². The molecule has 38 heavy (non-hydrogen) atoms. The normalized spacial score (nSPS) is 14.2. The van der Waals surface area contributed by atoms with E-state index in [0.29, 0.717) is 31.0 Å². The van der Waals surface area contributed by atoms with Crippen molar-refractivity contribution in [1.82, 2.24) is 20.2 Å². The third kappa shape index (κ3) is 7.03. The van der Waals surface area contributed by atoms with Gasteiger partial charge in [0.05, 0.1) is 24.6 Å². The van der Waals surface area contributed by atoms with E-state index in [0.717, 1.165) is 19.2 Å². The van der Waals surface area contributed by atoms with Crippen molar-refractivity contribution in [3.8, 4) is 0 Å². The Hall–Kier alpha value is -3.60. The molecule has 9 nitrogen and oxygen atoms in total. The second-order valence-corrected chi connectivity index (χ2v) is 10.1. The fourth-order valence-electron chi connectivity index (χ4n) is 4.26. The van der Waals surface area contributed by atoms with Gasteiger partial charge in [-0.3, -0.25) is 19.3 Å². The van der Waals surface area contributed by atoms with Gasteiger partial charge in [0.2, 0.25) is 0 Å². The van der Waals surface area contributed by atoms with E-state index in [-0.39, 0.29) is 34.2 Å². The minimum Gasteiger partial charge on any atom is -0.379 e. The van der Waals surface area contributed by atoms with Crippen LogP contribution >= 0.6 is 11.6 Å². The number of hydrogen-bond donors (Lipinski definition) is 3. The van der Waals surface area contributed by atoms with Gasteiger partial charge in [-0.1, -0.05) is 23.7 Å². The van der Waals surface area contributed by atoms with Gasteiger partial charge in [-0.25, -0.2) is 9.37 Å². The molecule has 3 aromatic rings. The van der Waals surface area contributed by atoms with Crippen LogP contribution in [0.5, 0.6) is 0 Å². The van der Waals surface area contributed by atoms with Gasteiger partial charge < -0.3 is 20.4 Å². The van der Waals surface area contributed by atoms with Crippen LogP contribution in [0.4, 0.5) is 10.1 Å². The molecule has 200 valence electrons. The maximum atomic E-state index is 13.3. The van der Waals surface area contributed by atoms with E-state index < -0.39 is 23.2 Å². The first kappa shape index (κ1) is 27.4. The van der Waals surface area contributed by atoms with E-state index in [4.69, 9.17) is 16.3 Å². The summed E-state index contributed by atoms with van der Waals surface area (Å²) in [5.74, 6) is -1.75. The Labute approximate surface area is 224 Å². The largest absolute Gasteiger partial charge is 0.379 e. The molecule has 2 amide bonds. The molecule has 1 aliphatic rings. The number of carbonyl (C=O) groups is 3. The minimum absolute atomic E-state index is 0.0325. The van der Waals surface area contributed by atoms with Crippen LogP contribution in [0.2, 0.25) is 5.02 Å². The predicted molar refractivity (Wildman–Crippen MR) is 141 cm³/mol. The Balaban J connectivity index is 1.36. The first-order chi connectivity index (χ1) is 18.1. The lowest BCUT2D eigenvalue weighted by molar-refractivity contribution is 0.0268. The number of halogens is 2. The Kier molecular flexibility index (Phi) is 8.55. The predicted octanol–water partition coefficient (Wildman–Crippen LogP) is 3.72. The van der Waals surface area contributed by atoms with Crippen LogP contribution in [0, 0.1) is 5.82 Å². The fourth-order valence-corrected chi connectivity index (χ4v) is 4.53. The second-order valence-electron chi connectivity index (χ2n) is 9.73. The van der Waals surface area contributed by atoms with Crippen molar-refractivity contribution in [3.05, 3.63) is 82.1 Å². The number of aromatic amines is 1. The number of anilines is 1. The van der Waals surface area contributed by atoms with Crippen molar-refractivity contribution in [2.24, 2.45) is 0 Å². The standard InChI is InChI=1S/C27H29ClFN5O4/c1-27(2,15-34-9-11-38-12-10-34)33-26(37)24-23(30-16-31-24)25(36)32-19-6-3-17(4-7-19)13-22(35)20-8-5-18(29)14-21(20)28/h3-8,14,16H,9-13,15H2,1-2H3,(H,30,31)(H,32,36)(H,33,37). The quantitative estimate of drug-likeness (QED) is 0.356. The molecular weight excluding hydrogens is 513 g/mol. The number of hydrogen-bond acceptors (Lipinski definition) is 6. The third-order valence-corrected chi connectivity index (χ3v) is 6.38. The lowest BCUT2D eigenvalue weighted by Crippen LogP contribution is -2.53. The number of Topliss-reactive ketones (excluding diaryl/α,β-unsaturated/α-hetero) is 1. The number of aromatic nitrogens is 2. The molecule has 3 N–H and O–H groups in total. The summed E-state index contributed by atoms with van der Waals surface area (Å²) < 4.78 is 18.6. The number of nitrogens with zero attached hydrogens (tertiary/aromatic N) is 2. The molecular formula is C27H29ClFN5O4. The molecule has 2 heterocycles. The lowest BCUT2D eigenvalue weighted by atomic mass is 10.0. The van der Waals surface area contributed by atoms with E-state index in [1.807, 2.05) is 13.8 Å². The number of amides is 2. The number of morpholine rings is 1. The van der Waals surface area contributed by atoms with E-state index in [1.165, 1.54) is 18.5 Å². The Bertz CT molecular complexity index is 1320. The van der Waals surface area contributed by atoms with Crippen molar-refractivity contribution >= 4 is 34.9 Å². The molecule has 0 saturated carbocycles. The molecule has 4 rings (SSSR count). The average Bonchev–Trinajstić information content (AvgIpc) is 3.36. The van der Waals surface area contributed by atoms with Gasteiger partial charge in [0.15, 0.2) is 11.5 Å². The lowest BCUT2D eigenvalue weighted by Gasteiger charge is -2.35. The van der Waals surface area contributed by atoms with Crippen LogP contribution in [-0.4, -0.2) is 70.9 Å². The van der Waals surface area contributed by atoms with Crippen molar-refractivity contribution in [3.63, 3.8) is 0 Å². The van der Waals surface area contributed by atoms with Crippen molar-refractivity contribution in [2.45, 2.75) is 25.8 Å². The molecule has 1 saturated heterocycles. The fraction of sp³-hybridized carbons (Fsp3) is 0.333. The van der Waals surface area contributed by atoms with Gasteiger partial charge in [0.25, 0.3) is 11.8 Å². The van der Waals surface area contributed by atoms with E-state index >= 15 is 0 Å². The highest BCUT2D eigenvalue weighted by Crippen LogP contribution is 2.20. The molecule has 0 spiro atoms. The van der Waals surface area contributed by atoms with Gasteiger partial charge in [-0.15, -0.1) is 0 Å². The second kappa shape index (κ2) is 11.8. The molecule has 0 bridgehead atoms. The SMILES string of the molecule is CC(C)(CN1CCOCC1)NC(=O)c1[nH]cnc1C(=O)Nc1ccc(CC(=O)c2ccc(F)cc2Cl)cc1.